The molecule has 1 unspecified atom stereocenters. The molecule has 3 heterocycles. The second-order valence-corrected chi connectivity index (χ2v) is 10.2. The van der Waals surface area contributed by atoms with Crippen molar-refractivity contribution in [1.29, 1.82) is 0 Å². The Balaban J connectivity index is 1.23. The van der Waals surface area contributed by atoms with E-state index in [9.17, 15) is 9.59 Å². The number of carbonyl (C=O) groups excluding carboxylic acids is 2. The zero-order chi connectivity index (χ0) is 28.3. The van der Waals surface area contributed by atoms with Crippen LogP contribution in [0.15, 0.2) is 112 Å². The maximum atomic E-state index is 13.5. The smallest absolute Gasteiger partial charge is 0.293 e. The van der Waals surface area contributed by atoms with Gasteiger partial charge in [-0.3, -0.25) is 9.59 Å². The molecule has 6 rings (SSSR count). The molecule has 0 radical (unpaired) electrons. The summed E-state index contributed by atoms with van der Waals surface area (Å²) in [4.78, 5) is 29.8. The lowest BCUT2D eigenvalue weighted by Gasteiger charge is -2.37. The highest BCUT2D eigenvalue weighted by molar-refractivity contribution is 6.03. The summed E-state index contributed by atoms with van der Waals surface area (Å²) >= 11 is 0. The van der Waals surface area contributed by atoms with E-state index >= 15 is 0 Å². The van der Waals surface area contributed by atoms with E-state index in [1.165, 1.54) is 11.8 Å². The molecule has 1 aliphatic heterocycles. The molecule has 1 atom stereocenters. The van der Waals surface area contributed by atoms with Gasteiger partial charge in [0, 0.05) is 19.3 Å². The SMILES string of the molecule is Cc1cccc(C2c3cc(OCc4ccc(C(=O)N(C)c5ccccc5)o4)ccc3CCN2C(=O)c2ccco2)c1. The van der Waals surface area contributed by atoms with Gasteiger partial charge in [0.05, 0.1) is 12.3 Å². The number of fused-ring (bicyclic) bond motifs is 1. The standard InChI is InChI=1S/C34H30N2O5/c1-23-8-6-9-25(20-23)32-29-21-27(14-13-24(29)17-18-36(32)34(38)30-12-7-19-39-30)40-22-28-15-16-31(41-28)33(37)35(2)26-10-4-3-5-11-26/h3-16,19-21,32H,17-18,22H2,1-2H3. The first-order chi connectivity index (χ1) is 20.0. The van der Waals surface area contributed by atoms with Crippen LogP contribution in [0.3, 0.4) is 0 Å². The highest BCUT2D eigenvalue weighted by atomic mass is 16.5. The molecule has 5 aromatic rings. The Morgan fingerprint density at radius 2 is 1.78 bits per heavy atom. The van der Waals surface area contributed by atoms with E-state index in [0.717, 1.165) is 28.8 Å². The van der Waals surface area contributed by atoms with Crippen LogP contribution in [0.25, 0.3) is 0 Å². The number of nitrogens with zero attached hydrogens (tertiary/aromatic N) is 2. The Morgan fingerprint density at radius 1 is 0.927 bits per heavy atom. The summed E-state index contributed by atoms with van der Waals surface area (Å²) in [6, 6.07) is 30.2. The normalized spacial score (nSPS) is 14.4. The number of furan rings is 2. The molecule has 0 spiro atoms. The van der Waals surface area contributed by atoms with Crippen molar-refractivity contribution >= 4 is 17.5 Å². The van der Waals surface area contributed by atoms with Gasteiger partial charge in [-0.05, 0) is 78.6 Å². The van der Waals surface area contributed by atoms with Crippen LogP contribution in [0.2, 0.25) is 0 Å². The lowest BCUT2D eigenvalue weighted by molar-refractivity contribution is 0.0661. The third-order valence-electron chi connectivity index (χ3n) is 7.40. The molecule has 0 N–H and O–H groups in total. The number of para-hydroxylation sites is 1. The highest BCUT2D eigenvalue weighted by Crippen LogP contribution is 2.38. The van der Waals surface area contributed by atoms with E-state index in [1.807, 2.05) is 66.4 Å². The number of amides is 2. The monoisotopic (exact) mass is 546 g/mol. The quantitative estimate of drug-likeness (QED) is 0.224. The highest BCUT2D eigenvalue weighted by Gasteiger charge is 2.34. The van der Waals surface area contributed by atoms with E-state index in [1.54, 1.807) is 36.2 Å². The predicted molar refractivity (Wildman–Crippen MR) is 155 cm³/mol. The fourth-order valence-electron chi connectivity index (χ4n) is 5.30. The van der Waals surface area contributed by atoms with Gasteiger partial charge in [0.1, 0.15) is 18.1 Å². The van der Waals surface area contributed by atoms with Gasteiger partial charge in [0.2, 0.25) is 0 Å². The van der Waals surface area contributed by atoms with Gasteiger partial charge >= 0.3 is 0 Å². The molecule has 7 nitrogen and oxygen atoms in total. The topological polar surface area (TPSA) is 76.1 Å². The Labute approximate surface area is 238 Å². The van der Waals surface area contributed by atoms with Crippen LogP contribution in [-0.4, -0.2) is 30.3 Å². The first kappa shape index (κ1) is 26.2. The number of rotatable bonds is 7. The number of hydrogen-bond acceptors (Lipinski definition) is 5. The van der Waals surface area contributed by atoms with Crippen LogP contribution < -0.4 is 9.64 Å². The summed E-state index contributed by atoms with van der Waals surface area (Å²) in [7, 11) is 1.72. The van der Waals surface area contributed by atoms with Crippen molar-refractivity contribution in [2.24, 2.45) is 0 Å². The average Bonchev–Trinajstić information content (AvgIpc) is 3.72. The largest absolute Gasteiger partial charge is 0.486 e. The number of anilines is 1. The van der Waals surface area contributed by atoms with Gasteiger partial charge in [-0.15, -0.1) is 0 Å². The van der Waals surface area contributed by atoms with E-state index in [4.69, 9.17) is 13.6 Å². The first-order valence-electron chi connectivity index (χ1n) is 13.6. The fourth-order valence-corrected chi connectivity index (χ4v) is 5.30. The predicted octanol–water partition coefficient (Wildman–Crippen LogP) is 6.82. The molecule has 7 heteroatoms. The summed E-state index contributed by atoms with van der Waals surface area (Å²) < 4.78 is 17.4. The molecule has 2 amide bonds. The molecule has 2 aromatic heterocycles. The minimum Gasteiger partial charge on any atom is -0.486 e. The first-order valence-corrected chi connectivity index (χ1v) is 13.6. The minimum atomic E-state index is -0.291. The second kappa shape index (κ2) is 11.2. The molecule has 1 aliphatic rings. The molecule has 41 heavy (non-hydrogen) atoms. The van der Waals surface area contributed by atoms with Crippen molar-refractivity contribution in [2.75, 3.05) is 18.5 Å². The fraction of sp³-hybridized carbons (Fsp3) is 0.176. The van der Waals surface area contributed by atoms with Crippen LogP contribution in [0, 0.1) is 6.92 Å². The molecule has 3 aromatic carbocycles. The van der Waals surface area contributed by atoms with Crippen LogP contribution in [0.1, 0.15) is 55.2 Å². The second-order valence-electron chi connectivity index (χ2n) is 10.2. The number of carbonyl (C=O) groups is 2. The van der Waals surface area contributed by atoms with Crippen LogP contribution in [0.5, 0.6) is 5.75 Å². The zero-order valence-corrected chi connectivity index (χ0v) is 22.9. The lowest BCUT2D eigenvalue weighted by Crippen LogP contribution is -2.40. The van der Waals surface area contributed by atoms with Crippen LogP contribution >= 0.6 is 0 Å². The third kappa shape index (κ3) is 5.39. The van der Waals surface area contributed by atoms with Gasteiger partial charge < -0.3 is 23.4 Å². The van der Waals surface area contributed by atoms with E-state index in [2.05, 4.69) is 18.2 Å². The summed E-state index contributed by atoms with van der Waals surface area (Å²) in [6.07, 6.45) is 2.25. The van der Waals surface area contributed by atoms with Gasteiger partial charge in [0.15, 0.2) is 11.5 Å². The number of hydrogen-bond donors (Lipinski definition) is 0. The van der Waals surface area contributed by atoms with Crippen molar-refractivity contribution in [3.8, 4) is 5.75 Å². The Hall–Kier alpha value is -5.04. The summed E-state index contributed by atoms with van der Waals surface area (Å²) in [5, 5.41) is 0. The van der Waals surface area contributed by atoms with Crippen molar-refractivity contribution in [2.45, 2.75) is 26.0 Å². The molecule has 0 aliphatic carbocycles. The Bertz CT molecular complexity index is 1670. The van der Waals surface area contributed by atoms with Crippen LogP contribution in [-0.2, 0) is 13.0 Å². The van der Waals surface area contributed by atoms with E-state index < -0.39 is 0 Å². The van der Waals surface area contributed by atoms with Crippen molar-refractivity contribution < 1.29 is 23.2 Å². The summed E-state index contributed by atoms with van der Waals surface area (Å²) in [5.41, 5.74) is 5.11. The van der Waals surface area contributed by atoms with E-state index in [0.29, 0.717) is 23.8 Å². The molecule has 0 fully saturated rings. The average molecular weight is 547 g/mol. The molecule has 0 saturated heterocycles. The van der Waals surface area contributed by atoms with E-state index in [-0.39, 0.29) is 30.2 Å². The summed E-state index contributed by atoms with van der Waals surface area (Å²) in [6.45, 7) is 2.78. The lowest BCUT2D eigenvalue weighted by atomic mass is 9.87. The van der Waals surface area contributed by atoms with Crippen molar-refractivity contribution in [3.63, 3.8) is 0 Å². The Kier molecular flexibility index (Phi) is 7.17. The maximum Gasteiger partial charge on any atom is 0.293 e. The van der Waals surface area contributed by atoms with Gasteiger partial charge in [-0.25, -0.2) is 0 Å². The molecular formula is C34H30N2O5. The van der Waals surface area contributed by atoms with Crippen molar-refractivity contribution in [3.05, 3.63) is 143 Å². The van der Waals surface area contributed by atoms with Gasteiger partial charge in [0.25, 0.3) is 11.8 Å². The summed E-state index contributed by atoms with van der Waals surface area (Å²) in [5.74, 6) is 1.37. The molecule has 206 valence electrons. The maximum absolute atomic E-state index is 13.5. The number of aryl methyl sites for hydroxylation is 1. The molecule has 0 bridgehead atoms. The molecule has 0 saturated carbocycles. The van der Waals surface area contributed by atoms with Crippen molar-refractivity contribution in [1.82, 2.24) is 4.90 Å². The number of ether oxygens (including phenoxy) is 1. The van der Waals surface area contributed by atoms with Gasteiger partial charge in [-0.1, -0.05) is 54.1 Å². The zero-order valence-electron chi connectivity index (χ0n) is 22.9. The minimum absolute atomic E-state index is 0.147. The number of benzene rings is 3. The van der Waals surface area contributed by atoms with Gasteiger partial charge in [-0.2, -0.15) is 0 Å². The Morgan fingerprint density at radius 3 is 2.56 bits per heavy atom. The molecular weight excluding hydrogens is 516 g/mol. The van der Waals surface area contributed by atoms with Crippen LogP contribution in [0.4, 0.5) is 5.69 Å². The third-order valence-corrected chi connectivity index (χ3v) is 7.40.